The molecule has 0 aromatic carbocycles. The van der Waals surface area contributed by atoms with Crippen molar-refractivity contribution in [3.05, 3.63) is 24.2 Å². The highest BCUT2D eigenvalue weighted by molar-refractivity contribution is 7.99. The van der Waals surface area contributed by atoms with E-state index in [9.17, 15) is 4.79 Å². The van der Waals surface area contributed by atoms with Gasteiger partial charge >= 0.3 is 5.97 Å². The number of anilines is 1. The third-order valence-corrected chi connectivity index (χ3v) is 2.99. The molecule has 0 atom stereocenters. The molecule has 0 fully saturated rings. The van der Waals surface area contributed by atoms with Gasteiger partial charge in [-0.05, 0) is 17.8 Å². The van der Waals surface area contributed by atoms with Crippen LogP contribution in [-0.2, 0) is 7.05 Å². The van der Waals surface area contributed by atoms with Crippen molar-refractivity contribution >= 4 is 23.4 Å². The number of carboxylic acid groups (broad SMARTS) is 1. The number of carbonyl (C=O) groups is 1. The summed E-state index contributed by atoms with van der Waals surface area (Å²) < 4.78 is 1.71. The zero-order valence-electron chi connectivity index (χ0n) is 8.86. The maximum Gasteiger partial charge on any atom is 0.337 e. The van der Waals surface area contributed by atoms with Crippen LogP contribution in [0.25, 0.3) is 0 Å². The number of pyridine rings is 1. The number of hydrogen-bond donors (Lipinski definition) is 2. The van der Waals surface area contributed by atoms with Crippen LogP contribution >= 0.6 is 11.8 Å². The van der Waals surface area contributed by atoms with E-state index in [0.717, 1.165) is 0 Å². The molecule has 0 bridgehead atoms. The molecule has 0 amide bonds. The Kier molecular flexibility index (Phi) is 2.96. The molecule has 2 rings (SSSR count). The Morgan fingerprint density at radius 1 is 1.59 bits per heavy atom. The number of hydrogen-bond acceptors (Lipinski definition) is 6. The number of carboxylic acids is 1. The van der Waals surface area contributed by atoms with Gasteiger partial charge in [-0.15, -0.1) is 10.2 Å². The van der Waals surface area contributed by atoms with Gasteiger partial charge in [0.2, 0.25) is 0 Å². The summed E-state index contributed by atoms with van der Waals surface area (Å²) in [6.07, 6.45) is 2.87. The minimum atomic E-state index is -1.08. The van der Waals surface area contributed by atoms with Crippen LogP contribution < -0.4 is 5.73 Å². The molecule has 0 aliphatic heterocycles. The van der Waals surface area contributed by atoms with Gasteiger partial charge in [-0.3, -0.25) is 0 Å². The molecule has 0 spiro atoms. The van der Waals surface area contributed by atoms with E-state index < -0.39 is 5.97 Å². The van der Waals surface area contributed by atoms with Crippen molar-refractivity contribution in [2.75, 3.05) is 5.73 Å². The van der Waals surface area contributed by atoms with Crippen molar-refractivity contribution in [1.29, 1.82) is 0 Å². The van der Waals surface area contributed by atoms with E-state index >= 15 is 0 Å². The maximum absolute atomic E-state index is 10.9. The van der Waals surface area contributed by atoms with Crippen molar-refractivity contribution in [2.24, 2.45) is 7.05 Å². The average Bonchev–Trinajstić information content (AvgIpc) is 2.67. The summed E-state index contributed by atoms with van der Waals surface area (Å²) >= 11 is 1.22. The van der Waals surface area contributed by atoms with Crippen LogP contribution in [0.2, 0.25) is 0 Å². The van der Waals surface area contributed by atoms with Gasteiger partial charge in [-0.2, -0.15) is 0 Å². The highest BCUT2D eigenvalue weighted by atomic mass is 32.2. The summed E-state index contributed by atoms with van der Waals surface area (Å²) in [5.74, 6) is -1.08. The van der Waals surface area contributed by atoms with Crippen molar-refractivity contribution in [2.45, 2.75) is 10.2 Å². The van der Waals surface area contributed by atoms with Gasteiger partial charge in [0.15, 0.2) is 5.16 Å². The van der Waals surface area contributed by atoms with Gasteiger partial charge in [0.05, 0.1) is 17.4 Å². The first-order valence-electron chi connectivity index (χ1n) is 4.58. The molecule has 7 nitrogen and oxygen atoms in total. The SMILES string of the molecule is Cn1cnnc1Sc1cc(C(=O)O)c(N)cn1. The van der Waals surface area contributed by atoms with Crippen LogP contribution in [0.1, 0.15) is 10.4 Å². The molecule has 0 radical (unpaired) electrons. The molecule has 0 saturated heterocycles. The van der Waals surface area contributed by atoms with Crippen LogP contribution in [0.3, 0.4) is 0 Å². The van der Waals surface area contributed by atoms with Crippen molar-refractivity contribution in [3.8, 4) is 0 Å². The number of nitrogens with two attached hydrogens (primary N) is 1. The normalized spacial score (nSPS) is 10.4. The van der Waals surface area contributed by atoms with Crippen LogP contribution in [0, 0.1) is 0 Å². The zero-order chi connectivity index (χ0) is 12.4. The standard InChI is InChI=1S/C9H9N5O2S/c1-14-4-12-13-9(14)17-7-2-5(8(15)16)6(10)3-11-7/h2-4H,10H2,1H3,(H,15,16). The molecule has 2 aromatic heterocycles. The summed E-state index contributed by atoms with van der Waals surface area (Å²) in [5, 5.41) is 17.6. The molecule has 17 heavy (non-hydrogen) atoms. The summed E-state index contributed by atoms with van der Waals surface area (Å²) in [5.41, 5.74) is 5.68. The van der Waals surface area contributed by atoms with Gasteiger partial charge < -0.3 is 15.4 Å². The second kappa shape index (κ2) is 4.42. The van der Waals surface area contributed by atoms with Gasteiger partial charge in [0.25, 0.3) is 0 Å². The Bertz CT molecular complexity index is 568. The summed E-state index contributed by atoms with van der Waals surface area (Å²) in [7, 11) is 1.79. The Morgan fingerprint density at radius 2 is 2.35 bits per heavy atom. The summed E-state index contributed by atoms with van der Waals surface area (Å²) in [6, 6.07) is 1.41. The van der Waals surface area contributed by atoms with E-state index in [4.69, 9.17) is 10.8 Å². The van der Waals surface area contributed by atoms with Crippen molar-refractivity contribution in [3.63, 3.8) is 0 Å². The largest absolute Gasteiger partial charge is 0.478 e. The molecule has 2 aromatic rings. The highest BCUT2D eigenvalue weighted by Gasteiger charge is 2.12. The second-order valence-corrected chi connectivity index (χ2v) is 4.23. The molecular formula is C9H9N5O2S. The topological polar surface area (TPSA) is 107 Å². The molecule has 88 valence electrons. The molecule has 0 aliphatic rings. The average molecular weight is 251 g/mol. The Hall–Kier alpha value is -2.09. The van der Waals surface area contributed by atoms with E-state index in [0.29, 0.717) is 10.2 Å². The van der Waals surface area contributed by atoms with Gasteiger partial charge in [-0.25, -0.2) is 9.78 Å². The number of aryl methyl sites for hydroxylation is 1. The molecule has 8 heteroatoms. The maximum atomic E-state index is 10.9. The lowest BCUT2D eigenvalue weighted by molar-refractivity contribution is 0.0697. The van der Waals surface area contributed by atoms with Gasteiger partial charge in [0, 0.05) is 7.05 Å². The Morgan fingerprint density at radius 3 is 2.94 bits per heavy atom. The zero-order valence-corrected chi connectivity index (χ0v) is 9.68. The van der Waals surface area contributed by atoms with Crippen molar-refractivity contribution in [1.82, 2.24) is 19.7 Å². The van der Waals surface area contributed by atoms with Crippen LogP contribution in [0.5, 0.6) is 0 Å². The third-order valence-electron chi connectivity index (χ3n) is 2.01. The van der Waals surface area contributed by atoms with Crippen LogP contribution in [-0.4, -0.2) is 30.8 Å². The highest BCUT2D eigenvalue weighted by Crippen LogP contribution is 2.25. The van der Waals surface area contributed by atoms with E-state index in [1.807, 2.05) is 0 Å². The number of rotatable bonds is 3. The van der Waals surface area contributed by atoms with Gasteiger partial charge in [-0.1, -0.05) is 0 Å². The monoisotopic (exact) mass is 251 g/mol. The fourth-order valence-electron chi connectivity index (χ4n) is 1.15. The minimum Gasteiger partial charge on any atom is -0.478 e. The number of aromatic carboxylic acids is 1. The first kappa shape index (κ1) is 11.4. The predicted molar refractivity (Wildman–Crippen MR) is 60.7 cm³/mol. The molecule has 0 aliphatic carbocycles. The quantitative estimate of drug-likeness (QED) is 0.824. The van der Waals surface area contributed by atoms with Crippen molar-refractivity contribution < 1.29 is 9.90 Å². The fourth-order valence-corrected chi connectivity index (χ4v) is 1.89. The molecule has 2 heterocycles. The molecule has 3 N–H and O–H groups in total. The van der Waals surface area contributed by atoms with E-state index in [1.165, 1.54) is 24.0 Å². The van der Waals surface area contributed by atoms with E-state index in [1.54, 1.807) is 17.9 Å². The van der Waals surface area contributed by atoms with Gasteiger partial charge in [0.1, 0.15) is 11.4 Å². The molecule has 0 saturated carbocycles. The van der Waals surface area contributed by atoms with Crippen LogP contribution in [0.4, 0.5) is 5.69 Å². The minimum absolute atomic E-state index is 0.0321. The van der Waals surface area contributed by atoms with E-state index in [2.05, 4.69) is 15.2 Å². The fraction of sp³-hybridized carbons (Fsp3) is 0.111. The smallest absolute Gasteiger partial charge is 0.337 e. The molecule has 0 unspecified atom stereocenters. The lowest BCUT2D eigenvalue weighted by Crippen LogP contribution is -2.03. The first-order chi connectivity index (χ1) is 8.08. The number of aromatic nitrogens is 4. The Labute approximate surface area is 101 Å². The lowest BCUT2D eigenvalue weighted by atomic mass is 10.2. The predicted octanol–water partition coefficient (Wildman–Crippen LogP) is 0.642. The lowest BCUT2D eigenvalue weighted by Gasteiger charge is -2.03. The molecular weight excluding hydrogens is 242 g/mol. The summed E-state index contributed by atoms with van der Waals surface area (Å²) in [4.78, 5) is 14.9. The van der Waals surface area contributed by atoms with E-state index in [-0.39, 0.29) is 11.3 Å². The number of nitrogens with zero attached hydrogens (tertiary/aromatic N) is 4. The Balaban J connectivity index is 2.32. The summed E-state index contributed by atoms with van der Waals surface area (Å²) in [6.45, 7) is 0. The third kappa shape index (κ3) is 2.36. The second-order valence-electron chi connectivity index (χ2n) is 3.24. The number of nitrogen functional groups attached to an aromatic ring is 1. The van der Waals surface area contributed by atoms with Crippen LogP contribution in [0.15, 0.2) is 28.8 Å². The first-order valence-corrected chi connectivity index (χ1v) is 5.40.